The zero-order valence-electron chi connectivity index (χ0n) is 11.8. The van der Waals surface area contributed by atoms with Gasteiger partial charge in [-0.3, -0.25) is 0 Å². The zero-order chi connectivity index (χ0) is 12.7. The van der Waals surface area contributed by atoms with Gasteiger partial charge in [-0.15, -0.1) is 0 Å². The van der Waals surface area contributed by atoms with Crippen LogP contribution in [0.4, 0.5) is 0 Å². The van der Waals surface area contributed by atoms with Crippen molar-refractivity contribution in [2.24, 2.45) is 0 Å². The van der Waals surface area contributed by atoms with Gasteiger partial charge in [0.15, 0.2) is 0 Å². The Morgan fingerprint density at radius 3 is 2.71 bits per heavy atom. The molecule has 1 saturated heterocycles. The molecule has 0 spiro atoms. The molecule has 0 saturated carbocycles. The first-order chi connectivity index (χ1) is 7.99. The highest BCUT2D eigenvalue weighted by Gasteiger charge is 2.30. The van der Waals surface area contributed by atoms with Crippen molar-refractivity contribution < 1.29 is 9.47 Å². The molecule has 1 aliphatic heterocycles. The van der Waals surface area contributed by atoms with Crippen molar-refractivity contribution in [2.45, 2.75) is 38.4 Å². The summed E-state index contributed by atoms with van der Waals surface area (Å²) in [5.41, 5.74) is 0.0779. The van der Waals surface area contributed by atoms with Crippen molar-refractivity contribution in [3.8, 4) is 0 Å². The Balaban J connectivity index is 1.88. The third-order valence-electron chi connectivity index (χ3n) is 3.03. The summed E-state index contributed by atoms with van der Waals surface area (Å²) in [5, 5.41) is 3.39. The molecule has 0 aromatic rings. The number of nitrogens with zero attached hydrogens (tertiary/aromatic N) is 1. The Morgan fingerprint density at radius 1 is 1.35 bits per heavy atom. The Labute approximate surface area is 106 Å². The van der Waals surface area contributed by atoms with Crippen molar-refractivity contribution in [2.75, 3.05) is 46.9 Å². The SMILES string of the molecule is CN(C)CCOCCNCC1CCC(C)(C)O1. The van der Waals surface area contributed by atoms with Crippen molar-refractivity contribution in [1.82, 2.24) is 10.2 Å². The number of rotatable bonds is 8. The normalized spacial score (nSPS) is 23.5. The number of hydrogen-bond donors (Lipinski definition) is 1. The molecular formula is C13H28N2O2. The molecule has 1 atom stereocenters. The number of nitrogens with one attached hydrogen (secondary N) is 1. The third-order valence-corrected chi connectivity index (χ3v) is 3.03. The molecule has 1 N–H and O–H groups in total. The zero-order valence-corrected chi connectivity index (χ0v) is 11.8. The molecule has 0 aromatic heterocycles. The molecule has 1 heterocycles. The molecule has 1 rings (SSSR count). The van der Waals surface area contributed by atoms with Crippen LogP contribution in [0.5, 0.6) is 0 Å². The molecule has 1 unspecified atom stereocenters. The maximum atomic E-state index is 5.90. The van der Waals surface area contributed by atoms with Crippen LogP contribution in [0, 0.1) is 0 Å². The number of likely N-dealkylation sites (N-methyl/N-ethyl adjacent to an activating group) is 1. The predicted octanol–water partition coefficient (Wildman–Crippen LogP) is 1.11. The molecule has 0 radical (unpaired) electrons. The van der Waals surface area contributed by atoms with Crippen LogP contribution in [0.1, 0.15) is 26.7 Å². The summed E-state index contributed by atoms with van der Waals surface area (Å²) in [6, 6.07) is 0. The molecule has 1 fully saturated rings. The topological polar surface area (TPSA) is 33.7 Å². The molecule has 4 heteroatoms. The first kappa shape index (κ1) is 14.9. The van der Waals surface area contributed by atoms with Gasteiger partial charge in [0.25, 0.3) is 0 Å². The Morgan fingerprint density at radius 2 is 2.12 bits per heavy atom. The molecule has 17 heavy (non-hydrogen) atoms. The molecule has 4 nitrogen and oxygen atoms in total. The molecule has 102 valence electrons. The van der Waals surface area contributed by atoms with E-state index in [-0.39, 0.29) is 5.60 Å². The lowest BCUT2D eigenvalue weighted by Crippen LogP contribution is -2.31. The molecular weight excluding hydrogens is 216 g/mol. The maximum absolute atomic E-state index is 5.90. The van der Waals surface area contributed by atoms with Crippen molar-refractivity contribution >= 4 is 0 Å². The van der Waals surface area contributed by atoms with Crippen molar-refractivity contribution in [1.29, 1.82) is 0 Å². The van der Waals surface area contributed by atoms with E-state index in [2.05, 4.69) is 38.2 Å². The molecule has 0 aromatic carbocycles. The first-order valence-corrected chi connectivity index (χ1v) is 6.60. The lowest BCUT2D eigenvalue weighted by atomic mass is 10.1. The van der Waals surface area contributed by atoms with Crippen LogP contribution >= 0.6 is 0 Å². The summed E-state index contributed by atoms with van der Waals surface area (Å²) >= 11 is 0. The Kier molecular flexibility index (Phi) is 6.41. The minimum Gasteiger partial charge on any atom is -0.379 e. The van der Waals surface area contributed by atoms with E-state index < -0.39 is 0 Å². The van der Waals surface area contributed by atoms with Gasteiger partial charge in [-0.25, -0.2) is 0 Å². The minimum atomic E-state index is 0.0779. The Hall–Kier alpha value is -0.160. The minimum absolute atomic E-state index is 0.0779. The van der Waals surface area contributed by atoms with Gasteiger partial charge in [0.1, 0.15) is 0 Å². The average Bonchev–Trinajstić information content (AvgIpc) is 2.56. The van der Waals surface area contributed by atoms with Crippen LogP contribution in [0.2, 0.25) is 0 Å². The number of hydrogen-bond acceptors (Lipinski definition) is 4. The molecule has 0 bridgehead atoms. The van der Waals surface area contributed by atoms with E-state index in [0.29, 0.717) is 6.10 Å². The van der Waals surface area contributed by atoms with Gasteiger partial charge in [-0.2, -0.15) is 0 Å². The van der Waals surface area contributed by atoms with E-state index in [1.165, 1.54) is 12.8 Å². The highest BCUT2D eigenvalue weighted by Crippen LogP contribution is 2.28. The van der Waals surface area contributed by atoms with Gasteiger partial charge in [0, 0.05) is 19.6 Å². The van der Waals surface area contributed by atoms with Gasteiger partial charge < -0.3 is 19.7 Å². The first-order valence-electron chi connectivity index (χ1n) is 6.60. The summed E-state index contributed by atoms with van der Waals surface area (Å²) < 4.78 is 11.4. The second-order valence-corrected chi connectivity index (χ2v) is 5.66. The monoisotopic (exact) mass is 244 g/mol. The standard InChI is InChI=1S/C13H28N2O2/c1-13(2)6-5-12(17-13)11-14-7-9-16-10-8-15(3)4/h12,14H,5-11H2,1-4H3. The molecule has 0 amide bonds. The Bertz CT molecular complexity index is 208. The van der Waals surface area contributed by atoms with Gasteiger partial charge in [-0.05, 0) is 40.8 Å². The predicted molar refractivity (Wildman–Crippen MR) is 70.4 cm³/mol. The smallest absolute Gasteiger partial charge is 0.0707 e. The lowest BCUT2D eigenvalue weighted by molar-refractivity contribution is -0.0147. The van der Waals surface area contributed by atoms with E-state index in [0.717, 1.165) is 32.8 Å². The molecule has 0 aliphatic carbocycles. The van der Waals surface area contributed by atoms with E-state index in [9.17, 15) is 0 Å². The summed E-state index contributed by atoms with van der Waals surface area (Å²) in [4.78, 5) is 2.13. The highest BCUT2D eigenvalue weighted by atomic mass is 16.5. The van der Waals surface area contributed by atoms with Crippen molar-refractivity contribution in [3.63, 3.8) is 0 Å². The third kappa shape index (κ3) is 6.99. The average molecular weight is 244 g/mol. The van der Waals surface area contributed by atoms with E-state index in [1.807, 2.05) is 0 Å². The fraction of sp³-hybridized carbons (Fsp3) is 1.00. The van der Waals surface area contributed by atoms with E-state index in [4.69, 9.17) is 9.47 Å². The second-order valence-electron chi connectivity index (χ2n) is 5.66. The van der Waals surface area contributed by atoms with Crippen LogP contribution in [0.15, 0.2) is 0 Å². The van der Waals surface area contributed by atoms with Gasteiger partial charge in [0.05, 0.1) is 24.9 Å². The van der Waals surface area contributed by atoms with Crippen LogP contribution in [-0.2, 0) is 9.47 Å². The second kappa shape index (κ2) is 7.31. The van der Waals surface area contributed by atoms with Crippen molar-refractivity contribution in [3.05, 3.63) is 0 Å². The summed E-state index contributed by atoms with van der Waals surface area (Å²) in [6.07, 6.45) is 2.71. The fourth-order valence-electron chi connectivity index (χ4n) is 1.98. The highest BCUT2D eigenvalue weighted by molar-refractivity contribution is 4.81. The molecule has 1 aliphatic rings. The largest absolute Gasteiger partial charge is 0.379 e. The maximum Gasteiger partial charge on any atom is 0.0707 e. The summed E-state index contributed by atoms with van der Waals surface area (Å²) in [7, 11) is 4.11. The van der Waals surface area contributed by atoms with Crippen LogP contribution in [-0.4, -0.2) is 63.5 Å². The number of ether oxygens (including phenoxy) is 2. The van der Waals surface area contributed by atoms with Gasteiger partial charge in [-0.1, -0.05) is 0 Å². The van der Waals surface area contributed by atoms with Gasteiger partial charge >= 0.3 is 0 Å². The van der Waals surface area contributed by atoms with E-state index >= 15 is 0 Å². The summed E-state index contributed by atoms with van der Waals surface area (Å²) in [6.45, 7) is 8.76. The van der Waals surface area contributed by atoms with Crippen LogP contribution < -0.4 is 5.32 Å². The van der Waals surface area contributed by atoms with Crippen LogP contribution in [0.25, 0.3) is 0 Å². The van der Waals surface area contributed by atoms with Gasteiger partial charge in [0.2, 0.25) is 0 Å². The summed E-state index contributed by atoms with van der Waals surface area (Å²) in [5.74, 6) is 0. The fourth-order valence-corrected chi connectivity index (χ4v) is 1.98. The van der Waals surface area contributed by atoms with Crippen LogP contribution in [0.3, 0.4) is 0 Å². The lowest BCUT2D eigenvalue weighted by Gasteiger charge is -2.19. The quantitative estimate of drug-likeness (QED) is 0.649. The van der Waals surface area contributed by atoms with E-state index in [1.54, 1.807) is 0 Å².